The molecule has 5 heteroatoms. The highest BCUT2D eigenvalue weighted by molar-refractivity contribution is 8.14. The third kappa shape index (κ3) is 6.26. The minimum absolute atomic E-state index is 0.133. The number of amides is 1. The van der Waals surface area contributed by atoms with Gasteiger partial charge in [-0.05, 0) is 46.5 Å². The van der Waals surface area contributed by atoms with Crippen molar-refractivity contribution < 1.29 is 14.3 Å². The zero-order valence-corrected chi connectivity index (χ0v) is 14.8. The molecule has 1 aliphatic rings. The number of benzene rings is 1. The standard InChI is InChI=1S/C18H25NO3S/c1-18(2,3)22-17(21)19-14-9-11-15(12-10-14)23-16(20)13-7-5-4-6-8-13/h4-8,14-15H,9-12H2,1-3H3,(H,19,21)/t14-,15-. The van der Waals surface area contributed by atoms with Gasteiger partial charge in [0.15, 0.2) is 0 Å². The molecule has 0 radical (unpaired) electrons. The van der Waals surface area contributed by atoms with E-state index >= 15 is 0 Å². The van der Waals surface area contributed by atoms with Crippen molar-refractivity contribution in [3.8, 4) is 0 Å². The van der Waals surface area contributed by atoms with Crippen molar-refractivity contribution >= 4 is 23.0 Å². The fourth-order valence-electron chi connectivity index (χ4n) is 2.59. The monoisotopic (exact) mass is 335 g/mol. The number of hydrogen-bond donors (Lipinski definition) is 1. The lowest BCUT2D eigenvalue weighted by Gasteiger charge is -2.29. The summed E-state index contributed by atoms with van der Waals surface area (Å²) in [5.41, 5.74) is 0.283. The molecule has 1 fully saturated rings. The Bertz CT molecular complexity index is 531. The quantitative estimate of drug-likeness (QED) is 0.890. The highest BCUT2D eigenvalue weighted by Crippen LogP contribution is 2.30. The molecule has 0 atom stereocenters. The van der Waals surface area contributed by atoms with Crippen LogP contribution >= 0.6 is 11.8 Å². The third-order valence-electron chi connectivity index (χ3n) is 3.68. The number of carbonyl (C=O) groups is 2. The Morgan fingerprint density at radius 2 is 1.70 bits per heavy atom. The van der Waals surface area contributed by atoms with Crippen molar-refractivity contribution in [3.63, 3.8) is 0 Å². The van der Waals surface area contributed by atoms with Gasteiger partial charge in [-0.25, -0.2) is 4.79 Å². The highest BCUT2D eigenvalue weighted by Gasteiger charge is 2.26. The molecule has 23 heavy (non-hydrogen) atoms. The predicted octanol–water partition coefficient (Wildman–Crippen LogP) is 4.40. The van der Waals surface area contributed by atoms with Crippen LogP contribution < -0.4 is 5.32 Å². The molecular weight excluding hydrogens is 310 g/mol. The molecule has 1 aromatic rings. The van der Waals surface area contributed by atoms with Gasteiger partial charge in [0.2, 0.25) is 5.12 Å². The number of carbonyl (C=O) groups excluding carboxylic acids is 2. The van der Waals surface area contributed by atoms with E-state index in [-0.39, 0.29) is 17.3 Å². The molecule has 1 aromatic carbocycles. The maximum Gasteiger partial charge on any atom is 0.407 e. The molecule has 1 N–H and O–H groups in total. The lowest BCUT2D eigenvalue weighted by molar-refractivity contribution is 0.0493. The molecular formula is C18H25NO3S. The molecule has 0 heterocycles. The topological polar surface area (TPSA) is 55.4 Å². The Hall–Kier alpha value is -1.49. The van der Waals surface area contributed by atoms with Crippen molar-refractivity contribution in [1.29, 1.82) is 0 Å². The van der Waals surface area contributed by atoms with E-state index in [1.165, 1.54) is 11.8 Å². The van der Waals surface area contributed by atoms with Crippen LogP contribution in [0.1, 0.15) is 56.8 Å². The molecule has 0 spiro atoms. The second-order valence-corrected chi connectivity index (χ2v) is 8.16. The van der Waals surface area contributed by atoms with Gasteiger partial charge in [0.25, 0.3) is 0 Å². The Morgan fingerprint density at radius 1 is 1.09 bits per heavy atom. The Labute approximate surface area is 142 Å². The Morgan fingerprint density at radius 3 is 2.26 bits per heavy atom. The first-order chi connectivity index (χ1) is 10.8. The van der Waals surface area contributed by atoms with Gasteiger partial charge in [-0.15, -0.1) is 0 Å². The number of alkyl carbamates (subject to hydrolysis) is 1. The van der Waals surface area contributed by atoms with Crippen LogP contribution in [-0.4, -0.2) is 28.1 Å². The zero-order chi connectivity index (χ0) is 16.9. The molecule has 1 aliphatic carbocycles. The minimum Gasteiger partial charge on any atom is -0.444 e. The van der Waals surface area contributed by atoms with Gasteiger partial charge in [0, 0.05) is 16.9 Å². The summed E-state index contributed by atoms with van der Waals surface area (Å²) in [5, 5.41) is 3.39. The summed E-state index contributed by atoms with van der Waals surface area (Å²) in [4.78, 5) is 24.0. The van der Waals surface area contributed by atoms with Crippen LogP contribution in [0.4, 0.5) is 4.79 Å². The van der Waals surface area contributed by atoms with Crippen LogP contribution in [-0.2, 0) is 4.74 Å². The first kappa shape index (κ1) is 17.9. The van der Waals surface area contributed by atoms with Gasteiger partial charge in [-0.3, -0.25) is 4.79 Å². The van der Waals surface area contributed by atoms with Crippen molar-refractivity contribution in [2.45, 2.75) is 63.3 Å². The average molecular weight is 335 g/mol. The molecule has 2 rings (SSSR count). The average Bonchev–Trinajstić information content (AvgIpc) is 2.48. The van der Waals surface area contributed by atoms with E-state index in [1.807, 2.05) is 51.1 Å². The normalized spacial score (nSPS) is 21.5. The Balaban J connectivity index is 1.74. The van der Waals surface area contributed by atoms with Crippen LogP contribution in [0.25, 0.3) is 0 Å². The third-order valence-corrected chi connectivity index (χ3v) is 4.93. The van der Waals surface area contributed by atoms with Gasteiger partial charge in [-0.1, -0.05) is 42.1 Å². The number of nitrogens with one attached hydrogen (secondary N) is 1. The second kappa shape index (κ2) is 7.86. The summed E-state index contributed by atoms with van der Waals surface area (Å²) in [6.07, 6.45) is 3.29. The summed E-state index contributed by atoms with van der Waals surface area (Å²) in [5.74, 6) is 0. The van der Waals surface area contributed by atoms with E-state index in [4.69, 9.17) is 4.74 Å². The summed E-state index contributed by atoms with van der Waals surface area (Å²) in [6, 6.07) is 9.53. The van der Waals surface area contributed by atoms with Crippen LogP contribution in [0, 0.1) is 0 Å². The first-order valence-electron chi connectivity index (χ1n) is 8.09. The number of rotatable bonds is 3. The van der Waals surface area contributed by atoms with Crippen LogP contribution in [0.2, 0.25) is 0 Å². The van der Waals surface area contributed by atoms with Gasteiger partial charge in [0.1, 0.15) is 5.60 Å². The molecule has 1 amide bonds. The molecule has 4 nitrogen and oxygen atoms in total. The molecule has 0 unspecified atom stereocenters. The fraction of sp³-hybridized carbons (Fsp3) is 0.556. The molecule has 0 saturated heterocycles. The SMILES string of the molecule is CC(C)(C)OC(=O)N[C@H]1CC[C@H](SC(=O)c2ccccc2)CC1. The van der Waals surface area contributed by atoms with Crippen molar-refractivity contribution in [1.82, 2.24) is 5.32 Å². The fourth-order valence-corrected chi connectivity index (χ4v) is 3.68. The van der Waals surface area contributed by atoms with Crippen LogP contribution in [0.3, 0.4) is 0 Å². The van der Waals surface area contributed by atoms with Crippen LogP contribution in [0.15, 0.2) is 30.3 Å². The highest BCUT2D eigenvalue weighted by atomic mass is 32.2. The molecule has 126 valence electrons. The number of hydrogen-bond acceptors (Lipinski definition) is 4. The van der Waals surface area contributed by atoms with Gasteiger partial charge >= 0.3 is 6.09 Å². The summed E-state index contributed by atoms with van der Waals surface area (Å²) >= 11 is 1.42. The lowest BCUT2D eigenvalue weighted by Crippen LogP contribution is -2.41. The van der Waals surface area contributed by atoms with E-state index < -0.39 is 5.60 Å². The largest absolute Gasteiger partial charge is 0.444 e. The first-order valence-corrected chi connectivity index (χ1v) is 8.97. The van der Waals surface area contributed by atoms with Gasteiger partial charge < -0.3 is 10.1 Å². The predicted molar refractivity (Wildman–Crippen MR) is 93.8 cm³/mol. The molecule has 0 aliphatic heterocycles. The molecule has 0 aromatic heterocycles. The van der Waals surface area contributed by atoms with Crippen LogP contribution in [0.5, 0.6) is 0 Å². The minimum atomic E-state index is -0.473. The summed E-state index contributed by atoms with van der Waals surface area (Å²) in [7, 11) is 0. The van der Waals surface area contributed by atoms with E-state index in [0.29, 0.717) is 5.25 Å². The summed E-state index contributed by atoms with van der Waals surface area (Å²) in [6.45, 7) is 5.57. The van der Waals surface area contributed by atoms with Crippen molar-refractivity contribution in [2.75, 3.05) is 0 Å². The van der Waals surface area contributed by atoms with Gasteiger partial charge in [-0.2, -0.15) is 0 Å². The van der Waals surface area contributed by atoms with E-state index in [1.54, 1.807) is 0 Å². The van der Waals surface area contributed by atoms with E-state index in [2.05, 4.69) is 5.32 Å². The van der Waals surface area contributed by atoms with Gasteiger partial charge in [0.05, 0.1) is 0 Å². The van der Waals surface area contributed by atoms with E-state index in [9.17, 15) is 9.59 Å². The Kier molecular flexibility index (Phi) is 6.10. The van der Waals surface area contributed by atoms with Crippen molar-refractivity contribution in [3.05, 3.63) is 35.9 Å². The number of thioether (sulfide) groups is 1. The zero-order valence-electron chi connectivity index (χ0n) is 14.0. The molecule has 0 bridgehead atoms. The van der Waals surface area contributed by atoms with E-state index in [0.717, 1.165) is 31.2 Å². The van der Waals surface area contributed by atoms with Crippen molar-refractivity contribution in [2.24, 2.45) is 0 Å². The smallest absolute Gasteiger partial charge is 0.407 e. The maximum atomic E-state index is 12.2. The maximum absolute atomic E-state index is 12.2. The number of ether oxygens (including phenoxy) is 1. The lowest BCUT2D eigenvalue weighted by atomic mass is 9.95. The second-order valence-electron chi connectivity index (χ2n) is 6.89. The summed E-state index contributed by atoms with van der Waals surface area (Å²) < 4.78 is 5.28. The molecule has 1 saturated carbocycles.